The highest BCUT2D eigenvalue weighted by atomic mass is 32.2. The Morgan fingerprint density at radius 3 is 2.49 bits per heavy atom. The van der Waals surface area contributed by atoms with Crippen LogP contribution >= 0.6 is 11.8 Å². The standard InChI is InChI=1S/C29H30N6O3S/c1-17(2)23-13-12-22-26(34-23)30-16-31-27(22)35-24-15-18(28(36)32-19-5-3-4-6-19)7-14-25(24)39-21-10-8-20(9-11-21)33-29(37)38/h7-17,19,33H,3-6H2,1-2H3,(H,32,36)(H,37,38)(H,30,31,34,35). The summed E-state index contributed by atoms with van der Waals surface area (Å²) in [5.74, 6) is 0.774. The maximum atomic E-state index is 13.1. The minimum absolute atomic E-state index is 0.0959. The number of amides is 2. The first-order valence-electron chi connectivity index (χ1n) is 13.0. The average molecular weight is 543 g/mol. The second kappa shape index (κ2) is 11.7. The van der Waals surface area contributed by atoms with Crippen LogP contribution in [0.5, 0.6) is 0 Å². The van der Waals surface area contributed by atoms with Crippen molar-refractivity contribution in [3.05, 3.63) is 72.2 Å². The number of rotatable bonds is 8. The van der Waals surface area contributed by atoms with Gasteiger partial charge in [-0.25, -0.2) is 19.7 Å². The molecule has 0 radical (unpaired) electrons. The van der Waals surface area contributed by atoms with Gasteiger partial charge in [-0.1, -0.05) is 38.5 Å². The van der Waals surface area contributed by atoms with Crippen molar-refractivity contribution in [2.24, 2.45) is 0 Å². The summed E-state index contributed by atoms with van der Waals surface area (Å²) in [5.41, 5.74) is 3.33. The normalized spacial score (nSPS) is 13.5. The molecular formula is C29H30N6O3S. The molecule has 0 unspecified atom stereocenters. The molecule has 39 heavy (non-hydrogen) atoms. The Balaban J connectivity index is 1.47. The van der Waals surface area contributed by atoms with Gasteiger partial charge in [0.15, 0.2) is 5.65 Å². The third-order valence-corrected chi connectivity index (χ3v) is 7.71. The van der Waals surface area contributed by atoms with Crippen LogP contribution in [-0.4, -0.2) is 38.1 Å². The second-order valence-corrected chi connectivity index (χ2v) is 10.9. The van der Waals surface area contributed by atoms with Crippen molar-refractivity contribution in [3.8, 4) is 0 Å². The van der Waals surface area contributed by atoms with Crippen LogP contribution in [0.1, 0.15) is 61.5 Å². The molecule has 0 aliphatic heterocycles. The number of carbonyl (C=O) groups excluding carboxylic acids is 1. The van der Waals surface area contributed by atoms with Gasteiger partial charge in [-0.3, -0.25) is 10.1 Å². The van der Waals surface area contributed by atoms with Gasteiger partial charge in [-0.15, -0.1) is 0 Å². The monoisotopic (exact) mass is 542 g/mol. The van der Waals surface area contributed by atoms with Crippen LogP contribution in [0.3, 0.4) is 0 Å². The number of pyridine rings is 1. The number of hydrogen-bond donors (Lipinski definition) is 4. The minimum atomic E-state index is -1.11. The first-order valence-corrected chi connectivity index (χ1v) is 13.8. The molecule has 0 saturated heterocycles. The first-order chi connectivity index (χ1) is 18.9. The average Bonchev–Trinajstić information content (AvgIpc) is 3.43. The Hall–Kier alpha value is -4.18. The number of nitrogens with zero attached hydrogens (tertiary/aromatic N) is 3. The number of hydrogen-bond acceptors (Lipinski definition) is 7. The second-order valence-electron chi connectivity index (χ2n) is 9.83. The van der Waals surface area contributed by atoms with Crippen LogP contribution in [-0.2, 0) is 0 Å². The highest BCUT2D eigenvalue weighted by Crippen LogP contribution is 2.37. The van der Waals surface area contributed by atoms with E-state index in [2.05, 4.69) is 39.8 Å². The van der Waals surface area contributed by atoms with Crippen molar-refractivity contribution >= 4 is 52.0 Å². The molecule has 9 nitrogen and oxygen atoms in total. The van der Waals surface area contributed by atoms with E-state index < -0.39 is 6.09 Å². The van der Waals surface area contributed by atoms with Gasteiger partial charge < -0.3 is 15.7 Å². The molecule has 4 aromatic rings. The fourth-order valence-corrected chi connectivity index (χ4v) is 5.44. The number of nitrogens with one attached hydrogen (secondary N) is 3. The van der Waals surface area contributed by atoms with Crippen LogP contribution in [0.4, 0.5) is 22.0 Å². The molecule has 2 heterocycles. The summed E-state index contributed by atoms with van der Waals surface area (Å²) in [7, 11) is 0. The Morgan fingerprint density at radius 1 is 1.00 bits per heavy atom. The lowest BCUT2D eigenvalue weighted by Gasteiger charge is -2.16. The molecule has 0 bridgehead atoms. The molecular weight excluding hydrogens is 512 g/mol. The molecule has 1 fully saturated rings. The van der Waals surface area contributed by atoms with E-state index in [1.807, 2.05) is 42.5 Å². The van der Waals surface area contributed by atoms with Crippen molar-refractivity contribution in [1.82, 2.24) is 20.3 Å². The number of fused-ring (bicyclic) bond motifs is 1. The number of carboxylic acid groups (broad SMARTS) is 1. The molecule has 1 saturated carbocycles. The molecule has 2 amide bonds. The molecule has 0 spiro atoms. The zero-order valence-corrected chi connectivity index (χ0v) is 22.6. The van der Waals surface area contributed by atoms with Crippen molar-refractivity contribution in [2.75, 3.05) is 10.6 Å². The maximum Gasteiger partial charge on any atom is 0.409 e. The van der Waals surface area contributed by atoms with Crippen LogP contribution < -0.4 is 16.0 Å². The van der Waals surface area contributed by atoms with E-state index in [1.165, 1.54) is 18.1 Å². The highest BCUT2D eigenvalue weighted by molar-refractivity contribution is 7.99. The Kier molecular flexibility index (Phi) is 7.92. The summed E-state index contributed by atoms with van der Waals surface area (Å²) in [6, 6.07) is 16.9. The molecule has 0 atom stereocenters. The largest absolute Gasteiger partial charge is 0.465 e. The van der Waals surface area contributed by atoms with E-state index in [4.69, 9.17) is 10.1 Å². The number of benzene rings is 2. The zero-order chi connectivity index (χ0) is 27.4. The molecule has 1 aliphatic carbocycles. The van der Waals surface area contributed by atoms with Gasteiger partial charge >= 0.3 is 6.09 Å². The topological polar surface area (TPSA) is 129 Å². The fraction of sp³-hybridized carbons (Fsp3) is 0.276. The van der Waals surface area contributed by atoms with Crippen LogP contribution in [0, 0.1) is 0 Å². The van der Waals surface area contributed by atoms with Crippen molar-refractivity contribution in [1.29, 1.82) is 0 Å². The lowest BCUT2D eigenvalue weighted by Crippen LogP contribution is -2.32. The van der Waals surface area contributed by atoms with Gasteiger partial charge in [0.2, 0.25) is 0 Å². The van der Waals surface area contributed by atoms with E-state index in [1.54, 1.807) is 12.1 Å². The molecule has 4 N–H and O–H groups in total. The SMILES string of the molecule is CC(C)c1ccc2c(Nc3cc(C(=O)NC4CCCC4)ccc3Sc3ccc(NC(=O)O)cc3)ncnc2n1. The Morgan fingerprint density at radius 2 is 1.77 bits per heavy atom. The third kappa shape index (κ3) is 6.46. The van der Waals surface area contributed by atoms with Crippen LogP contribution in [0.15, 0.2) is 70.7 Å². The smallest absolute Gasteiger partial charge is 0.409 e. The third-order valence-electron chi connectivity index (χ3n) is 6.63. The predicted octanol–water partition coefficient (Wildman–Crippen LogP) is 6.81. The van der Waals surface area contributed by atoms with Crippen molar-refractivity contribution in [2.45, 2.75) is 61.3 Å². The zero-order valence-electron chi connectivity index (χ0n) is 21.8. The summed E-state index contributed by atoms with van der Waals surface area (Å²) in [6.45, 7) is 4.18. The fourth-order valence-electron chi connectivity index (χ4n) is 4.56. The first kappa shape index (κ1) is 26.4. The lowest BCUT2D eigenvalue weighted by atomic mass is 10.1. The number of aromatic nitrogens is 3. The van der Waals surface area contributed by atoms with Crippen LogP contribution in [0.25, 0.3) is 11.0 Å². The van der Waals surface area contributed by atoms with E-state index >= 15 is 0 Å². The predicted molar refractivity (Wildman–Crippen MR) is 153 cm³/mol. The molecule has 2 aromatic heterocycles. The highest BCUT2D eigenvalue weighted by Gasteiger charge is 2.19. The van der Waals surface area contributed by atoms with E-state index in [9.17, 15) is 9.59 Å². The van der Waals surface area contributed by atoms with Gasteiger partial charge in [-0.2, -0.15) is 0 Å². The summed E-state index contributed by atoms with van der Waals surface area (Å²) < 4.78 is 0. The van der Waals surface area contributed by atoms with Gasteiger partial charge in [0.1, 0.15) is 12.1 Å². The van der Waals surface area contributed by atoms with Crippen molar-refractivity contribution in [3.63, 3.8) is 0 Å². The van der Waals surface area contributed by atoms with Crippen molar-refractivity contribution < 1.29 is 14.7 Å². The van der Waals surface area contributed by atoms with Gasteiger partial charge in [-0.05, 0) is 73.4 Å². The van der Waals surface area contributed by atoms with E-state index in [-0.39, 0.29) is 17.9 Å². The molecule has 5 rings (SSSR count). The summed E-state index contributed by atoms with van der Waals surface area (Å²) in [5, 5.41) is 18.7. The Bertz CT molecular complexity index is 1500. The molecule has 200 valence electrons. The summed E-state index contributed by atoms with van der Waals surface area (Å²) >= 11 is 1.50. The van der Waals surface area contributed by atoms with Gasteiger partial charge in [0.05, 0.1) is 11.1 Å². The summed E-state index contributed by atoms with van der Waals surface area (Å²) in [4.78, 5) is 39.3. The van der Waals surface area contributed by atoms with Gasteiger partial charge in [0.25, 0.3) is 5.91 Å². The number of carbonyl (C=O) groups is 2. The lowest BCUT2D eigenvalue weighted by molar-refractivity contribution is 0.0937. The summed E-state index contributed by atoms with van der Waals surface area (Å²) in [6.07, 6.45) is 4.67. The number of anilines is 3. The van der Waals surface area contributed by atoms with E-state index in [0.29, 0.717) is 22.7 Å². The van der Waals surface area contributed by atoms with Gasteiger partial charge in [0, 0.05) is 32.8 Å². The maximum absolute atomic E-state index is 13.1. The van der Waals surface area contributed by atoms with E-state index in [0.717, 1.165) is 52.2 Å². The minimum Gasteiger partial charge on any atom is -0.465 e. The molecule has 10 heteroatoms. The molecule has 2 aromatic carbocycles. The quantitative estimate of drug-likeness (QED) is 0.191. The van der Waals surface area contributed by atoms with Crippen LogP contribution in [0.2, 0.25) is 0 Å². The molecule has 1 aliphatic rings. The Labute approximate surface area is 230 Å².